The molecule has 0 bridgehead atoms. The van der Waals surface area contributed by atoms with Crippen LogP contribution >= 0.6 is 0 Å². The highest BCUT2D eigenvalue weighted by Crippen LogP contribution is 2.37. The number of carbonyl (C=O) groups excluding carboxylic acids is 2. The Morgan fingerprint density at radius 3 is 2.76 bits per heavy atom. The number of rotatable bonds is 6. The summed E-state index contributed by atoms with van der Waals surface area (Å²) in [5.41, 5.74) is 1.59. The summed E-state index contributed by atoms with van der Waals surface area (Å²) in [6.45, 7) is 3.85. The highest BCUT2D eigenvalue weighted by atomic mass is 16.5. The highest BCUT2D eigenvalue weighted by molar-refractivity contribution is 6.10. The molecule has 0 radical (unpaired) electrons. The molecule has 3 heterocycles. The Kier molecular flexibility index (Phi) is 6.08. The third kappa shape index (κ3) is 4.48. The largest absolute Gasteiger partial charge is 0.492 e. The highest BCUT2D eigenvalue weighted by Gasteiger charge is 2.31. The van der Waals surface area contributed by atoms with Crippen molar-refractivity contribution in [2.45, 2.75) is 37.6 Å². The molecule has 2 saturated heterocycles. The van der Waals surface area contributed by atoms with Crippen molar-refractivity contribution < 1.29 is 18.7 Å². The average molecular weight is 450 g/mol. The molecule has 7 nitrogen and oxygen atoms in total. The number of hydrogen-bond acceptors (Lipinski definition) is 6. The lowest BCUT2D eigenvalue weighted by molar-refractivity contribution is -0.134. The fourth-order valence-electron chi connectivity index (χ4n) is 5.13. The summed E-state index contributed by atoms with van der Waals surface area (Å²) in [6, 6.07) is 10.7. The van der Waals surface area contributed by atoms with E-state index in [1.807, 2.05) is 30.3 Å². The van der Waals surface area contributed by atoms with E-state index in [1.165, 1.54) is 12.8 Å². The molecule has 2 aromatic carbocycles. The van der Waals surface area contributed by atoms with Gasteiger partial charge >= 0.3 is 0 Å². The first kappa shape index (κ1) is 21.9. The quantitative estimate of drug-likeness (QED) is 0.581. The van der Waals surface area contributed by atoms with E-state index in [-0.39, 0.29) is 17.7 Å². The van der Waals surface area contributed by atoms with Crippen LogP contribution in [0.5, 0.6) is 5.75 Å². The van der Waals surface area contributed by atoms with Gasteiger partial charge in [-0.3, -0.25) is 19.8 Å². The van der Waals surface area contributed by atoms with Crippen molar-refractivity contribution in [2.24, 2.45) is 0 Å². The summed E-state index contributed by atoms with van der Waals surface area (Å²) in [6.07, 6.45) is 4.92. The second-order valence-corrected chi connectivity index (χ2v) is 9.38. The van der Waals surface area contributed by atoms with Gasteiger partial charge in [0.1, 0.15) is 17.9 Å². The van der Waals surface area contributed by atoms with Crippen LogP contribution in [-0.4, -0.2) is 68.0 Å². The fraction of sp³-hybridized carbons (Fsp3) is 0.462. The minimum absolute atomic E-state index is 0.211. The molecule has 33 heavy (non-hydrogen) atoms. The lowest BCUT2D eigenvalue weighted by atomic mass is 9.89. The summed E-state index contributed by atoms with van der Waals surface area (Å²) >= 11 is 0. The van der Waals surface area contributed by atoms with Gasteiger partial charge in [-0.15, -0.1) is 0 Å². The summed E-state index contributed by atoms with van der Waals surface area (Å²) < 4.78 is 11.9. The van der Waals surface area contributed by atoms with Crippen molar-refractivity contribution in [3.05, 3.63) is 42.2 Å². The van der Waals surface area contributed by atoms with Gasteiger partial charge in [-0.2, -0.15) is 0 Å². The molecule has 5 rings (SSSR count). The number of nitrogens with one attached hydrogen (secondary N) is 1. The monoisotopic (exact) mass is 449 g/mol. The van der Waals surface area contributed by atoms with E-state index in [1.54, 1.807) is 6.26 Å². The van der Waals surface area contributed by atoms with Crippen molar-refractivity contribution in [1.29, 1.82) is 0 Å². The molecule has 0 spiro atoms. The molecule has 2 aliphatic heterocycles. The van der Waals surface area contributed by atoms with Gasteiger partial charge in [-0.1, -0.05) is 6.07 Å². The number of ether oxygens (including phenoxy) is 1. The second-order valence-electron chi connectivity index (χ2n) is 9.38. The van der Waals surface area contributed by atoms with E-state index in [0.717, 1.165) is 52.7 Å². The van der Waals surface area contributed by atoms with Crippen LogP contribution in [0.3, 0.4) is 0 Å². The maximum absolute atomic E-state index is 12.4. The van der Waals surface area contributed by atoms with Crippen molar-refractivity contribution in [3.63, 3.8) is 0 Å². The first-order valence-electron chi connectivity index (χ1n) is 11.8. The number of furan rings is 1. The molecule has 2 aliphatic rings. The van der Waals surface area contributed by atoms with Gasteiger partial charge in [-0.25, -0.2) is 0 Å². The topological polar surface area (TPSA) is 75.0 Å². The molecule has 0 aliphatic carbocycles. The number of carbonyl (C=O) groups is 2. The lowest BCUT2D eigenvalue weighted by Gasteiger charge is -2.35. The second kappa shape index (κ2) is 9.15. The Labute approximate surface area is 193 Å². The van der Waals surface area contributed by atoms with Gasteiger partial charge in [-0.05, 0) is 81.5 Å². The zero-order valence-corrected chi connectivity index (χ0v) is 19.3. The van der Waals surface area contributed by atoms with Crippen LogP contribution in [0.15, 0.2) is 41.0 Å². The molecular formula is C26H31N3O4. The summed E-state index contributed by atoms with van der Waals surface area (Å²) in [4.78, 5) is 28.8. The molecule has 7 heteroatoms. The molecule has 0 saturated carbocycles. The number of amides is 2. The minimum atomic E-state index is -0.374. The zero-order valence-electron chi connectivity index (χ0n) is 19.3. The maximum Gasteiger partial charge on any atom is 0.234 e. The molecule has 1 atom stereocenters. The number of hydrogen-bond donors (Lipinski definition) is 1. The number of likely N-dealkylation sites (tertiary alicyclic amines) is 1. The first-order valence-corrected chi connectivity index (χ1v) is 11.8. The summed E-state index contributed by atoms with van der Waals surface area (Å²) in [5.74, 6) is 0.00192. The van der Waals surface area contributed by atoms with Crippen molar-refractivity contribution in [2.75, 3.05) is 40.3 Å². The third-order valence-electron chi connectivity index (χ3n) is 7.19. The average Bonchev–Trinajstić information content (AvgIpc) is 3.23. The molecule has 2 amide bonds. The Hall–Kier alpha value is -2.90. The Morgan fingerprint density at radius 2 is 1.97 bits per heavy atom. The van der Waals surface area contributed by atoms with Crippen LogP contribution in [-0.2, 0) is 9.59 Å². The Morgan fingerprint density at radius 1 is 1.15 bits per heavy atom. The van der Waals surface area contributed by atoms with E-state index in [9.17, 15) is 9.59 Å². The molecule has 174 valence electrons. The lowest BCUT2D eigenvalue weighted by Crippen LogP contribution is -2.43. The predicted octanol–water partition coefficient (Wildman–Crippen LogP) is 3.51. The molecule has 1 N–H and O–H groups in total. The standard InChI is InChI=1S/C26H31N3O4/c1-28-11-9-18(10-12-28)29(2)13-14-32-19-4-5-20-17(15-19)3-7-23-25(20)22(16-33-23)21-6-8-24(30)27-26(21)31/h3-5,7,15-16,18,21H,6,8-14H2,1-2H3,(H,27,30,31). The molecule has 1 aromatic heterocycles. The molecule has 3 aromatic rings. The summed E-state index contributed by atoms with van der Waals surface area (Å²) in [7, 11) is 4.37. The van der Waals surface area contributed by atoms with E-state index >= 15 is 0 Å². The Bertz CT molecular complexity index is 1180. The molecular weight excluding hydrogens is 418 g/mol. The molecule has 2 fully saturated rings. The SMILES string of the molecule is CN1CCC(N(C)CCOc2ccc3c(ccc4occ(C5CCC(=O)NC5=O)c43)c2)CC1. The first-order chi connectivity index (χ1) is 16.0. The fourth-order valence-corrected chi connectivity index (χ4v) is 5.13. The van der Waals surface area contributed by atoms with E-state index in [0.29, 0.717) is 25.5 Å². The van der Waals surface area contributed by atoms with Gasteiger partial charge < -0.3 is 14.1 Å². The normalized spacial score (nSPS) is 20.6. The molecule has 1 unspecified atom stereocenters. The zero-order chi connectivity index (χ0) is 22.9. The third-order valence-corrected chi connectivity index (χ3v) is 7.19. The van der Waals surface area contributed by atoms with Crippen LogP contribution in [0.2, 0.25) is 0 Å². The van der Waals surface area contributed by atoms with E-state index < -0.39 is 0 Å². The Balaban J connectivity index is 1.31. The maximum atomic E-state index is 12.4. The van der Waals surface area contributed by atoms with Gasteiger partial charge in [0.15, 0.2) is 0 Å². The van der Waals surface area contributed by atoms with Crippen molar-refractivity contribution in [1.82, 2.24) is 15.1 Å². The van der Waals surface area contributed by atoms with Crippen LogP contribution in [0.4, 0.5) is 0 Å². The van der Waals surface area contributed by atoms with E-state index in [2.05, 4.69) is 29.2 Å². The van der Waals surface area contributed by atoms with Gasteiger partial charge in [0, 0.05) is 30.0 Å². The summed E-state index contributed by atoms with van der Waals surface area (Å²) in [5, 5.41) is 5.46. The van der Waals surface area contributed by atoms with E-state index in [4.69, 9.17) is 9.15 Å². The van der Waals surface area contributed by atoms with Gasteiger partial charge in [0.25, 0.3) is 0 Å². The smallest absolute Gasteiger partial charge is 0.234 e. The number of fused-ring (bicyclic) bond motifs is 3. The van der Waals surface area contributed by atoms with Crippen LogP contribution in [0.1, 0.15) is 37.2 Å². The minimum Gasteiger partial charge on any atom is -0.492 e. The number of piperidine rings is 2. The van der Waals surface area contributed by atoms with Crippen LogP contribution in [0, 0.1) is 0 Å². The van der Waals surface area contributed by atoms with Crippen LogP contribution < -0.4 is 10.1 Å². The van der Waals surface area contributed by atoms with Gasteiger partial charge in [0.05, 0.1) is 12.2 Å². The van der Waals surface area contributed by atoms with Crippen LogP contribution in [0.25, 0.3) is 21.7 Å². The number of imide groups is 1. The van der Waals surface area contributed by atoms with Crippen molar-refractivity contribution in [3.8, 4) is 5.75 Å². The number of nitrogens with zero attached hydrogens (tertiary/aromatic N) is 2. The number of benzene rings is 2. The predicted molar refractivity (Wildman–Crippen MR) is 127 cm³/mol. The van der Waals surface area contributed by atoms with Crippen molar-refractivity contribution >= 4 is 33.6 Å². The van der Waals surface area contributed by atoms with Gasteiger partial charge in [0.2, 0.25) is 11.8 Å². The number of likely N-dealkylation sites (N-methyl/N-ethyl adjacent to an activating group) is 1.